The lowest BCUT2D eigenvalue weighted by Crippen LogP contribution is -2.53. The number of carbonyl (C=O) groups is 2. The minimum Gasteiger partial charge on any atom is -0.446 e. The second-order valence-corrected chi connectivity index (χ2v) is 10.7. The van der Waals surface area contributed by atoms with Gasteiger partial charge in [0.15, 0.2) is 0 Å². The summed E-state index contributed by atoms with van der Waals surface area (Å²) in [6.45, 7) is 3.81. The van der Waals surface area contributed by atoms with Gasteiger partial charge in [-0.15, -0.1) is 0 Å². The van der Waals surface area contributed by atoms with Crippen LogP contribution in [0.3, 0.4) is 0 Å². The van der Waals surface area contributed by atoms with Gasteiger partial charge < -0.3 is 14.5 Å². The molecule has 1 aromatic carbocycles. The van der Waals surface area contributed by atoms with Crippen molar-refractivity contribution >= 4 is 17.7 Å². The molecular formula is C25H32N2O3. The van der Waals surface area contributed by atoms with Crippen molar-refractivity contribution in [3.05, 3.63) is 29.8 Å². The standard InChI is InChI=1S/C25H32N2O3/c1-16(28)27-15-25(21-4-2-3-5-22(21)27)6-8-26(9-7-25)24(29)30-23-19-11-17-10-18(13-19)14-20(23)12-17/h2-5,17-20,23H,6-15H2,1H3. The topological polar surface area (TPSA) is 49.9 Å². The van der Waals surface area contributed by atoms with E-state index in [1.807, 2.05) is 15.9 Å². The molecule has 0 N–H and O–H groups in total. The second kappa shape index (κ2) is 6.73. The van der Waals surface area contributed by atoms with Crippen LogP contribution in [0.5, 0.6) is 0 Å². The smallest absolute Gasteiger partial charge is 0.410 e. The number of rotatable bonds is 1. The number of fused-ring (bicyclic) bond motifs is 2. The quantitative estimate of drug-likeness (QED) is 0.694. The maximum absolute atomic E-state index is 13.1. The van der Waals surface area contributed by atoms with Crippen LogP contribution in [0, 0.1) is 23.7 Å². The molecule has 2 amide bonds. The van der Waals surface area contributed by atoms with Gasteiger partial charge in [-0.1, -0.05) is 18.2 Å². The van der Waals surface area contributed by atoms with Crippen LogP contribution in [0.15, 0.2) is 24.3 Å². The average Bonchev–Trinajstić information content (AvgIpc) is 3.05. The molecule has 0 atom stereocenters. The number of benzene rings is 1. The van der Waals surface area contributed by atoms with E-state index >= 15 is 0 Å². The van der Waals surface area contributed by atoms with Crippen LogP contribution in [0.4, 0.5) is 10.5 Å². The number of likely N-dealkylation sites (tertiary alicyclic amines) is 1. The first-order valence-corrected chi connectivity index (χ1v) is 11.9. The molecular weight excluding hydrogens is 376 g/mol. The molecule has 2 aliphatic heterocycles. The van der Waals surface area contributed by atoms with Crippen LogP contribution < -0.4 is 4.90 Å². The van der Waals surface area contributed by atoms with E-state index < -0.39 is 0 Å². The van der Waals surface area contributed by atoms with Gasteiger partial charge >= 0.3 is 6.09 Å². The SMILES string of the molecule is CC(=O)N1CC2(CCN(C(=O)OC3C4CC5CC(C4)CC3C5)CC2)c2ccccc21. The van der Waals surface area contributed by atoms with Crippen molar-refractivity contribution in [2.24, 2.45) is 23.7 Å². The molecule has 5 fully saturated rings. The highest BCUT2D eigenvalue weighted by Gasteiger charge is 2.51. The van der Waals surface area contributed by atoms with Gasteiger partial charge in [-0.3, -0.25) is 4.79 Å². The molecule has 7 rings (SSSR count). The largest absolute Gasteiger partial charge is 0.446 e. The van der Waals surface area contributed by atoms with Gasteiger partial charge in [0.1, 0.15) is 6.10 Å². The Labute approximate surface area is 178 Å². The third-order valence-electron chi connectivity index (χ3n) is 8.96. The van der Waals surface area contributed by atoms with Crippen molar-refractivity contribution < 1.29 is 14.3 Å². The van der Waals surface area contributed by atoms with Crippen LogP contribution in [0.2, 0.25) is 0 Å². The fourth-order valence-electron chi connectivity index (χ4n) is 7.71. The van der Waals surface area contributed by atoms with Gasteiger partial charge in [0.05, 0.1) is 0 Å². The first-order chi connectivity index (χ1) is 14.5. The third-order valence-corrected chi connectivity index (χ3v) is 8.96. The average molecular weight is 409 g/mol. The number of anilines is 1. The summed E-state index contributed by atoms with van der Waals surface area (Å²) in [5.74, 6) is 3.09. The normalized spacial score (nSPS) is 35.6. The van der Waals surface area contributed by atoms with Gasteiger partial charge in [-0.2, -0.15) is 0 Å². The summed E-state index contributed by atoms with van der Waals surface area (Å²) in [5.41, 5.74) is 2.30. The zero-order valence-electron chi connectivity index (χ0n) is 17.9. The molecule has 1 aromatic rings. The predicted molar refractivity (Wildman–Crippen MR) is 114 cm³/mol. The summed E-state index contributed by atoms with van der Waals surface area (Å²) in [6.07, 6.45) is 8.34. The van der Waals surface area contributed by atoms with E-state index in [9.17, 15) is 9.59 Å². The van der Waals surface area contributed by atoms with E-state index in [2.05, 4.69) is 18.2 Å². The van der Waals surface area contributed by atoms with Crippen LogP contribution in [-0.2, 0) is 14.9 Å². The summed E-state index contributed by atoms with van der Waals surface area (Å²) in [5, 5.41) is 0. The molecule has 4 aliphatic carbocycles. The first-order valence-electron chi connectivity index (χ1n) is 11.9. The van der Waals surface area contributed by atoms with E-state index in [1.54, 1.807) is 6.92 Å². The number of amides is 2. The molecule has 1 saturated heterocycles. The Morgan fingerprint density at radius 2 is 1.60 bits per heavy atom. The number of para-hydroxylation sites is 1. The van der Waals surface area contributed by atoms with Crippen molar-refractivity contribution in [3.8, 4) is 0 Å². The molecule has 0 unspecified atom stereocenters. The van der Waals surface area contributed by atoms with Crippen LogP contribution in [-0.4, -0.2) is 42.6 Å². The molecule has 5 heteroatoms. The number of nitrogens with zero attached hydrogens (tertiary/aromatic N) is 2. The third kappa shape index (κ3) is 2.80. The molecule has 30 heavy (non-hydrogen) atoms. The zero-order valence-corrected chi connectivity index (χ0v) is 17.9. The van der Waals surface area contributed by atoms with Gasteiger partial charge in [-0.25, -0.2) is 4.79 Å². The van der Waals surface area contributed by atoms with Crippen molar-refractivity contribution in [2.45, 2.75) is 63.4 Å². The van der Waals surface area contributed by atoms with Gasteiger partial charge in [0, 0.05) is 37.7 Å². The Bertz CT molecular complexity index is 845. The Balaban J connectivity index is 1.13. The highest BCUT2D eigenvalue weighted by molar-refractivity contribution is 5.94. The van der Waals surface area contributed by atoms with E-state index in [-0.39, 0.29) is 23.5 Å². The van der Waals surface area contributed by atoms with Crippen molar-refractivity contribution in [3.63, 3.8) is 0 Å². The van der Waals surface area contributed by atoms with Crippen molar-refractivity contribution in [1.29, 1.82) is 0 Å². The summed E-state index contributed by atoms with van der Waals surface area (Å²) in [4.78, 5) is 29.1. The Kier molecular flexibility index (Phi) is 4.20. The lowest BCUT2D eigenvalue weighted by atomic mass is 9.55. The van der Waals surface area contributed by atoms with Gasteiger partial charge in [-0.05, 0) is 80.2 Å². The monoisotopic (exact) mass is 408 g/mol. The molecule has 160 valence electrons. The minimum absolute atomic E-state index is 0.0261. The molecule has 0 radical (unpaired) electrons. The molecule has 1 spiro atoms. The van der Waals surface area contributed by atoms with Crippen LogP contribution in [0.1, 0.15) is 57.4 Å². The summed E-state index contributed by atoms with van der Waals surface area (Å²) >= 11 is 0. The lowest BCUT2D eigenvalue weighted by Gasteiger charge is -2.53. The predicted octanol–water partition coefficient (Wildman–Crippen LogP) is 4.35. The van der Waals surface area contributed by atoms with Gasteiger partial charge in [0.25, 0.3) is 0 Å². The molecule has 2 heterocycles. The molecule has 4 bridgehead atoms. The molecule has 5 nitrogen and oxygen atoms in total. The maximum Gasteiger partial charge on any atom is 0.410 e. The van der Waals surface area contributed by atoms with E-state index in [4.69, 9.17) is 4.74 Å². The minimum atomic E-state index is -0.1000. The summed E-state index contributed by atoms with van der Waals surface area (Å²) in [6, 6.07) is 8.29. The van der Waals surface area contributed by atoms with E-state index in [1.165, 1.54) is 37.7 Å². The number of hydrogen-bond donors (Lipinski definition) is 0. The number of ether oxygens (including phenoxy) is 1. The van der Waals surface area contributed by atoms with Crippen LogP contribution in [0.25, 0.3) is 0 Å². The number of piperidine rings is 1. The Morgan fingerprint density at radius 1 is 0.967 bits per heavy atom. The van der Waals surface area contributed by atoms with Gasteiger partial charge in [0.2, 0.25) is 5.91 Å². The number of hydrogen-bond acceptors (Lipinski definition) is 3. The summed E-state index contributed by atoms with van der Waals surface area (Å²) < 4.78 is 6.17. The van der Waals surface area contributed by atoms with Crippen molar-refractivity contribution in [1.82, 2.24) is 4.90 Å². The second-order valence-electron chi connectivity index (χ2n) is 10.7. The van der Waals surface area contributed by atoms with E-state index in [0.717, 1.165) is 36.9 Å². The summed E-state index contributed by atoms with van der Waals surface area (Å²) in [7, 11) is 0. The van der Waals surface area contributed by atoms with Crippen molar-refractivity contribution in [2.75, 3.05) is 24.5 Å². The Hall–Kier alpha value is -2.04. The zero-order chi connectivity index (χ0) is 20.5. The Morgan fingerprint density at radius 3 is 2.23 bits per heavy atom. The molecule has 4 saturated carbocycles. The molecule has 0 aromatic heterocycles. The highest BCUT2D eigenvalue weighted by atomic mass is 16.6. The number of carbonyl (C=O) groups excluding carboxylic acids is 2. The fraction of sp³-hybridized carbons (Fsp3) is 0.680. The molecule has 6 aliphatic rings. The highest BCUT2D eigenvalue weighted by Crippen LogP contribution is 2.55. The first kappa shape index (κ1) is 18.7. The van der Waals surface area contributed by atoms with E-state index in [0.29, 0.717) is 24.9 Å². The fourth-order valence-corrected chi connectivity index (χ4v) is 7.71. The maximum atomic E-state index is 13.1. The van der Waals surface area contributed by atoms with Crippen LogP contribution >= 0.6 is 0 Å². The lowest BCUT2D eigenvalue weighted by molar-refractivity contribution is -0.116.